The van der Waals surface area contributed by atoms with E-state index < -0.39 is 20.4 Å². The molecule has 1 saturated heterocycles. The van der Waals surface area contributed by atoms with Gasteiger partial charge in [-0.1, -0.05) is 23.2 Å². The van der Waals surface area contributed by atoms with Crippen LogP contribution in [0.4, 0.5) is 11.4 Å². The molecule has 0 aliphatic carbocycles. The van der Waals surface area contributed by atoms with Crippen LogP contribution in [-0.2, 0) is 9.84 Å². The molecule has 4 rings (SSSR count). The SMILES string of the molecule is Cc1cc(Nc2c(S(=O)(=O)C3CNCCS3)cnc3ccc(Cl)cc23)c(C(=O)O)cc1Cl. The number of benzene rings is 2. The Morgan fingerprint density at radius 1 is 1.28 bits per heavy atom. The number of halogens is 2. The molecule has 0 radical (unpaired) electrons. The number of carboxylic acid groups (broad SMARTS) is 1. The third kappa shape index (κ3) is 4.40. The second-order valence-corrected chi connectivity index (χ2v) is 11.8. The average Bonchev–Trinajstić information content (AvgIpc) is 2.76. The minimum atomic E-state index is -3.81. The number of hydrogen-bond donors (Lipinski definition) is 3. The third-order valence-corrected chi connectivity index (χ3v) is 9.70. The lowest BCUT2D eigenvalue weighted by molar-refractivity contribution is 0.0698. The van der Waals surface area contributed by atoms with E-state index in [0.717, 1.165) is 6.54 Å². The molecule has 1 fully saturated rings. The van der Waals surface area contributed by atoms with E-state index in [2.05, 4.69) is 15.6 Å². The first-order valence-electron chi connectivity index (χ1n) is 9.63. The minimum Gasteiger partial charge on any atom is -0.478 e. The van der Waals surface area contributed by atoms with Crippen LogP contribution in [-0.4, -0.2) is 47.9 Å². The zero-order chi connectivity index (χ0) is 23.0. The Hall–Kier alpha value is -2.04. The number of rotatable bonds is 5. The number of carboxylic acids is 1. The van der Waals surface area contributed by atoms with Gasteiger partial charge < -0.3 is 15.7 Å². The minimum absolute atomic E-state index is 0.0163. The van der Waals surface area contributed by atoms with Gasteiger partial charge in [0.1, 0.15) is 9.48 Å². The number of nitrogens with zero attached hydrogens (tertiary/aromatic N) is 1. The molecule has 1 aliphatic heterocycles. The molecule has 7 nitrogen and oxygen atoms in total. The standard InChI is InChI=1S/C21H19Cl2N3O4S2/c1-11-6-17(14(21(27)28)8-15(11)23)26-20-13-7-12(22)2-3-16(13)25-9-18(20)32(29,30)19-10-24-4-5-31-19/h2-3,6-9,19,24H,4-5,10H2,1H3,(H,25,26)(H,27,28). The number of carbonyl (C=O) groups is 1. The summed E-state index contributed by atoms with van der Waals surface area (Å²) in [5.41, 5.74) is 1.54. The lowest BCUT2D eigenvalue weighted by atomic mass is 10.1. The monoisotopic (exact) mass is 511 g/mol. The fraction of sp³-hybridized carbons (Fsp3) is 0.238. The van der Waals surface area contributed by atoms with Gasteiger partial charge in [0.25, 0.3) is 0 Å². The molecule has 1 atom stereocenters. The number of aryl methyl sites for hydroxylation is 1. The van der Waals surface area contributed by atoms with Crippen molar-refractivity contribution in [3.63, 3.8) is 0 Å². The lowest BCUT2D eigenvalue weighted by Gasteiger charge is -2.24. The van der Waals surface area contributed by atoms with Crippen LogP contribution in [0.3, 0.4) is 0 Å². The zero-order valence-electron chi connectivity index (χ0n) is 16.9. The molecule has 0 bridgehead atoms. The van der Waals surface area contributed by atoms with E-state index in [9.17, 15) is 18.3 Å². The van der Waals surface area contributed by atoms with Crippen molar-refractivity contribution >= 4 is 73.0 Å². The Morgan fingerprint density at radius 3 is 2.75 bits per heavy atom. The van der Waals surface area contributed by atoms with E-state index in [1.807, 2.05) is 0 Å². The maximum atomic E-state index is 13.6. The van der Waals surface area contributed by atoms with Crippen molar-refractivity contribution in [1.82, 2.24) is 10.3 Å². The third-order valence-electron chi connectivity index (χ3n) is 5.13. The number of aromatic nitrogens is 1. The van der Waals surface area contributed by atoms with Gasteiger partial charge in [0, 0.05) is 40.5 Å². The largest absolute Gasteiger partial charge is 0.478 e. The smallest absolute Gasteiger partial charge is 0.337 e. The van der Waals surface area contributed by atoms with E-state index >= 15 is 0 Å². The molecule has 1 aromatic heterocycles. The molecule has 3 N–H and O–H groups in total. The Labute approximate surface area is 199 Å². The van der Waals surface area contributed by atoms with Crippen molar-refractivity contribution in [3.05, 3.63) is 57.7 Å². The summed E-state index contributed by atoms with van der Waals surface area (Å²) in [6.07, 6.45) is 1.31. The van der Waals surface area contributed by atoms with E-state index in [1.54, 1.807) is 31.2 Å². The van der Waals surface area contributed by atoms with Gasteiger partial charge >= 0.3 is 5.97 Å². The number of aromatic carboxylic acids is 1. The lowest BCUT2D eigenvalue weighted by Crippen LogP contribution is -2.37. The number of anilines is 2. The van der Waals surface area contributed by atoms with Crippen LogP contribution in [0.15, 0.2) is 41.4 Å². The summed E-state index contributed by atoms with van der Waals surface area (Å²) in [6.45, 7) is 2.78. The number of sulfone groups is 1. The van der Waals surface area contributed by atoms with E-state index in [4.69, 9.17) is 23.2 Å². The maximum Gasteiger partial charge on any atom is 0.337 e. The summed E-state index contributed by atoms with van der Waals surface area (Å²) < 4.78 is 26.4. The van der Waals surface area contributed by atoms with Gasteiger partial charge in [-0.3, -0.25) is 4.98 Å². The predicted molar refractivity (Wildman–Crippen MR) is 129 cm³/mol. The molecule has 0 spiro atoms. The first-order valence-corrected chi connectivity index (χ1v) is 13.0. The second-order valence-electron chi connectivity index (χ2n) is 7.29. The Morgan fingerprint density at radius 2 is 2.06 bits per heavy atom. The highest BCUT2D eigenvalue weighted by atomic mass is 35.5. The fourth-order valence-electron chi connectivity index (χ4n) is 3.47. The van der Waals surface area contributed by atoms with E-state index in [1.165, 1.54) is 24.0 Å². The van der Waals surface area contributed by atoms with Crippen LogP contribution >= 0.6 is 35.0 Å². The van der Waals surface area contributed by atoms with Crippen LogP contribution in [0.2, 0.25) is 10.0 Å². The summed E-state index contributed by atoms with van der Waals surface area (Å²) in [5.74, 6) is -0.527. The molecule has 1 unspecified atom stereocenters. The van der Waals surface area contributed by atoms with Crippen molar-refractivity contribution < 1.29 is 18.3 Å². The Kier molecular flexibility index (Phi) is 6.56. The van der Waals surface area contributed by atoms with Gasteiger partial charge in [0.15, 0.2) is 9.84 Å². The molecule has 2 heterocycles. The topological polar surface area (TPSA) is 108 Å². The van der Waals surface area contributed by atoms with Crippen molar-refractivity contribution in [1.29, 1.82) is 0 Å². The van der Waals surface area contributed by atoms with Crippen LogP contribution in [0.1, 0.15) is 15.9 Å². The van der Waals surface area contributed by atoms with Gasteiger partial charge in [0.05, 0.1) is 22.5 Å². The normalized spacial score (nSPS) is 16.8. The number of nitrogens with one attached hydrogen (secondary N) is 2. The molecule has 32 heavy (non-hydrogen) atoms. The molecule has 168 valence electrons. The van der Waals surface area contributed by atoms with Crippen molar-refractivity contribution in [2.24, 2.45) is 0 Å². The molecule has 2 aromatic carbocycles. The quantitative estimate of drug-likeness (QED) is 0.451. The van der Waals surface area contributed by atoms with Crippen LogP contribution in [0.25, 0.3) is 10.9 Å². The highest BCUT2D eigenvalue weighted by Gasteiger charge is 2.33. The van der Waals surface area contributed by atoms with Gasteiger partial charge in [0.2, 0.25) is 0 Å². The van der Waals surface area contributed by atoms with Gasteiger partial charge in [-0.15, -0.1) is 11.8 Å². The van der Waals surface area contributed by atoms with Crippen LogP contribution < -0.4 is 10.6 Å². The van der Waals surface area contributed by atoms with Crippen molar-refractivity contribution in [2.45, 2.75) is 16.4 Å². The summed E-state index contributed by atoms with van der Waals surface area (Å²) >= 11 is 13.7. The fourth-order valence-corrected chi connectivity index (χ4v) is 7.15. The highest BCUT2D eigenvalue weighted by Crippen LogP contribution is 2.38. The van der Waals surface area contributed by atoms with Crippen LogP contribution in [0.5, 0.6) is 0 Å². The molecule has 1 aliphatic rings. The van der Waals surface area contributed by atoms with Crippen LogP contribution in [0, 0.1) is 6.92 Å². The second kappa shape index (κ2) is 9.07. The zero-order valence-corrected chi connectivity index (χ0v) is 20.0. The number of thioether (sulfide) groups is 1. The molecule has 0 saturated carbocycles. The first kappa shape index (κ1) is 23.1. The van der Waals surface area contributed by atoms with Crippen molar-refractivity contribution in [3.8, 4) is 0 Å². The van der Waals surface area contributed by atoms with E-state index in [-0.39, 0.29) is 21.8 Å². The summed E-state index contributed by atoms with van der Waals surface area (Å²) in [6, 6.07) is 7.87. The van der Waals surface area contributed by atoms with Gasteiger partial charge in [-0.25, -0.2) is 13.2 Å². The Bertz CT molecular complexity index is 1330. The molecule has 11 heteroatoms. The predicted octanol–water partition coefficient (Wildman–Crippen LogP) is 4.73. The molecule has 3 aromatic rings. The highest BCUT2D eigenvalue weighted by molar-refractivity contribution is 8.13. The molecule has 0 amide bonds. The number of pyridine rings is 1. The average molecular weight is 512 g/mol. The first-order chi connectivity index (χ1) is 15.2. The van der Waals surface area contributed by atoms with Crippen molar-refractivity contribution in [2.75, 3.05) is 24.2 Å². The van der Waals surface area contributed by atoms with Gasteiger partial charge in [-0.05, 0) is 42.8 Å². The number of hydrogen-bond acceptors (Lipinski definition) is 7. The van der Waals surface area contributed by atoms with E-state index in [0.29, 0.717) is 38.8 Å². The molecular weight excluding hydrogens is 493 g/mol. The summed E-state index contributed by atoms with van der Waals surface area (Å²) in [5, 5.41) is 17.0. The summed E-state index contributed by atoms with van der Waals surface area (Å²) in [4.78, 5) is 16.2. The Balaban J connectivity index is 1.95. The number of fused-ring (bicyclic) bond motifs is 1. The maximum absolute atomic E-state index is 13.6. The summed E-state index contributed by atoms with van der Waals surface area (Å²) in [7, 11) is -3.81. The van der Waals surface area contributed by atoms with Gasteiger partial charge in [-0.2, -0.15) is 0 Å². The molecular formula is C21H19Cl2N3O4S2.